The predicted octanol–water partition coefficient (Wildman–Crippen LogP) is 1.03. The number of hydrogen-bond acceptors (Lipinski definition) is 2. The first-order chi connectivity index (χ1) is 7.68. The number of amides is 1. The Labute approximate surface area is 93.1 Å². The van der Waals surface area contributed by atoms with Crippen LogP contribution in [0.15, 0.2) is 18.3 Å². The summed E-state index contributed by atoms with van der Waals surface area (Å²) >= 11 is 0. The van der Waals surface area contributed by atoms with E-state index in [2.05, 4.69) is 5.32 Å². The van der Waals surface area contributed by atoms with Crippen LogP contribution in [-0.2, 0) is 4.79 Å². The van der Waals surface area contributed by atoms with Crippen molar-refractivity contribution in [2.24, 2.45) is 0 Å². The average molecular weight is 222 g/mol. The molecule has 1 aromatic heterocycles. The summed E-state index contributed by atoms with van der Waals surface area (Å²) in [5, 5.41) is 10.8. The van der Waals surface area contributed by atoms with Crippen molar-refractivity contribution in [1.82, 2.24) is 9.88 Å². The van der Waals surface area contributed by atoms with Gasteiger partial charge in [0.1, 0.15) is 12.2 Å². The van der Waals surface area contributed by atoms with Crippen molar-refractivity contribution in [3.8, 4) is 0 Å². The Morgan fingerprint density at radius 1 is 1.50 bits per heavy atom. The van der Waals surface area contributed by atoms with Crippen molar-refractivity contribution in [3.63, 3.8) is 0 Å². The van der Waals surface area contributed by atoms with Crippen molar-refractivity contribution < 1.29 is 14.7 Å². The number of carbonyl (C=O) groups excluding carboxylic acids is 1. The minimum atomic E-state index is -1.03. The minimum absolute atomic E-state index is 0.320. The molecule has 1 aromatic rings. The highest BCUT2D eigenvalue weighted by Gasteiger charge is 2.23. The molecule has 2 N–H and O–H groups in total. The van der Waals surface area contributed by atoms with Crippen molar-refractivity contribution in [2.45, 2.75) is 25.3 Å². The minimum Gasteiger partial charge on any atom is -0.480 e. The summed E-state index contributed by atoms with van der Waals surface area (Å²) in [7, 11) is 0. The zero-order valence-electron chi connectivity index (χ0n) is 8.85. The van der Waals surface area contributed by atoms with Crippen LogP contribution in [0.5, 0.6) is 0 Å². The fourth-order valence-electron chi connectivity index (χ4n) is 1.82. The van der Waals surface area contributed by atoms with Gasteiger partial charge in [-0.05, 0) is 31.4 Å². The summed E-state index contributed by atoms with van der Waals surface area (Å²) in [5.41, 5.74) is 0.547. The maximum absolute atomic E-state index is 11.7. The molecule has 0 spiro atoms. The van der Waals surface area contributed by atoms with Gasteiger partial charge in [0, 0.05) is 12.2 Å². The summed E-state index contributed by atoms with van der Waals surface area (Å²) in [6.45, 7) is -0.339. The van der Waals surface area contributed by atoms with Crippen molar-refractivity contribution in [3.05, 3.63) is 24.0 Å². The lowest BCUT2D eigenvalue weighted by atomic mass is 9.93. The summed E-state index contributed by atoms with van der Waals surface area (Å²) in [6, 6.07) is 3.93. The fourth-order valence-corrected chi connectivity index (χ4v) is 1.82. The molecule has 0 unspecified atom stereocenters. The van der Waals surface area contributed by atoms with E-state index in [1.807, 2.05) is 16.8 Å². The number of rotatable bonds is 4. The second-order valence-corrected chi connectivity index (χ2v) is 3.96. The number of carbonyl (C=O) groups is 2. The monoisotopic (exact) mass is 222 g/mol. The molecule has 5 heteroatoms. The Hall–Kier alpha value is -1.78. The van der Waals surface area contributed by atoms with Crippen LogP contribution in [0.3, 0.4) is 0 Å². The van der Waals surface area contributed by atoms with Crippen molar-refractivity contribution in [2.75, 3.05) is 6.54 Å². The molecule has 2 rings (SSSR count). The van der Waals surface area contributed by atoms with E-state index in [0.29, 0.717) is 11.7 Å². The second kappa shape index (κ2) is 4.38. The Bertz CT molecular complexity index is 407. The van der Waals surface area contributed by atoms with Gasteiger partial charge in [-0.3, -0.25) is 9.59 Å². The molecule has 1 fully saturated rings. The summed E-state index contributed by atoms with van der Waals surface area (Å²) in [6.07, 6.45) is 5.25. The molecule has 1 aliphatic carbocycles. The van der Waals surface area contributed by atoms with E-state index in [0.717, 1.165) is 12.8 Å². The number of aromatic nitrogens is 1. The average Bonchev–Trinajstić information content (AvgIpc) is 2.60. The van der Waals surface area contributed by atoms with Gasteiger partial charge in [-0.15, -0.1) is 0 Å². The SMILES string of the molecule is O=C(O)CNC(=O)c1cccn1C1CCC1. The van der Waals surface area contributed by atoms with Crippen LogP contribution in [0.25, 0.3) is 0 Å². The van der Waals surface area contributed by atoms with Gasteiger partial charge < -0.3 is 15.0 Å². The smallest absolute Gasteiger partial charge is 0.322 e. The maximum Gasteiger partial charge on any atom is 0.322 e. The quantitative estimate of drug-likeness (QED) is 0.799. The number of carboxylic acids is 1. The van der Waals surface area contributed by atoms with Gasteiger partial charge >= 0.3 is 5.97 Å². The Morgan fingerprint density at radius 3 is 2.81 bits per heavy atom. The normalized spacial score (nSPS) is 15.5. The molecular weight excluding hydrogens is 208 g/mol. The molecule has 0 atom stereocenters. The summed E-state index contributed by atoms with van der Waals surface area (Å²) in [4.78, 5) is 22.0. The zero-order valence-corrected chi connectivity index (χ0v) is 8.85. The Morgan fingerprint density at radius 2 is 2.25 bits per heavy atom. The van der Waals surface area contributed by atoms with Crippen LogP contribution < -0.4 is 5.32 Å². The van der Waals surface area contributed by atoms with Gasteiger partial charge in [0.25, 0.3) is 5.91 Å². The molecule has 5 nitrogen and oxygen atoms in total. The van der Waals surface area contributed by atoms with E-state index in [1.165, 1.54) is 6.42 Å². The third kappa shape index (κ3) is 2.08. The highest BCUT2D eigenvalue weighted by Crippen LogP contribution is 2.32. The first-order valence-corrected chi connectivity index (χ1v) is 5.35. The topological polar surface area (TPSA) is 71.3 Å². The lowest BCUT2D eigenvalue weighted by Crippen LogP contribution is -2.32. The molecule has 1 aliphatic rings. The molecule has 1 saturated carbocycles. The Kier molecular flexibility index (Phi) is 2.94. The molecular formula is C11H14N2O3. The first kappa shape index (κ1) is 10.7. The van der Waals surface area contributed by atoms with Crippen LogP contribution in [0.2, 0.25) is 0 Å². The zero-order chi connectivity index (χ0) is 11.5. The van der Waals surface area contributed by atoms with E-state index in [-0.39, 0.29) is 12.5 Å². The number of nitrogens with one attached hydrogen (secondary N) is 1. The highest BCUT2D eigenvalue weighted by molar-refractivity contribution is 5.94. The molecule has 1 amide bonds. The lowest BCUT2D eigenvalue weighted by Gasteiger charge is -2.28. The second-order valence-electron chi connectivity index (χ2n) is 3.96. The third-order valence-corrected chi connectivity index (χ3v) is 2.88. The standard InChI is InChI=1S/C11H14N2O3/c14-10(15)7-12-11(16)9-5-2-6-13(9)8-3-1-4-8/h2,5-6,8H,1,3-4,7H2,(H,12,16)(H,14,15). The van der Waals surface area contributed by atoms with Gasteiger partial charge in [0.15, 0.2) is 0 Å². The van der Waals surface area contributed by atoms with Crippen LogP contribution in [0.4, 0.5) is 0 Å². The summed E-state index contributed by atoms with van der Waals surface area (Å²) < 4.78 is 1.93. The van der Waals surface area contributed by atoms with E-state index >= 15 is 0 Å². The number of carboxylic acid groups (broad SMARTS) is 1. The van der Waals surface area contributed by atoms with Gasteiger partial charge in [-0.1, -0.05) is 0 Å². The van der Waals surface area contributed by atoms with E-state index in [1.54, 1.807) is 6.07 Å². The largest absolute Gasteiger partial charge is 0.480 e. The number of aliphatic carboxylic acids is 1. The van der Waals surface area contributed by atoms with Gasteiger partial charge in [0.2, 0.25) is 0 Å². The van der Waals surface area contributed by atoms with Crippen LogP contribution in [0, 0.1) is 0 Å². The molecule has 0 radical (unpaired) electrons. The Balaban J connectivity index is 2.04. The van der Waals surface area contributed by atoms with E-state index < -0.39 is 5.97 Å². The lowest BCUT2D eigenvalue weighted by molar-refractivity contribution is -0.135. The highest BCUT2D eigenvalue weighted by atomic mass is 16.4. The van der Waals surface area contributed by atoms with Gasteiger partial charge in [-0.25, -0.2) is 0 Å². The number of nitrogens with zero attached hydrogens (tertiary/aromatic N) is 1. The molecule has 1 heterocycles. The predicted molar refractivity (Wildman–Crippen MR) is 57.3 cm³/mol. The molecule has 0 saturated heterocycles. The first-order valence-electron chi connectivity index (χ1n) is 5.35. The molecule has 86 valence electrons. The van der Waals surface area contributed by atoms with Crippen molar-refractivity contribution in [1.29, 1.82) is 0 Å². The van der Waals surface area contributed by atoms with Crippen LogP contribution in [-0.4, -0.2) is 28.1 Å². The maximum atomic E-state index is 11.7. The fraction of sp³-hybridized carbons (Fsp3) is 0.455. The van der Waals surface area contributed by atoms with Gasteiger partial charge in [-0.2, -0.15) is 0 Å². The summed E-state index contributed by atoms with van der Waals surface area (Å²) in [5.74, 6) is -1.35. The molecule has 0 aliphatic heterocycles. The molecule has 16 heavy (non-hydrogen) atoms. The molecule has 0 bridgehead atoms. The molecule has 0 aromatic carbocycles. The van der Waals surface area contributed by atoms with E-state index in [4.69, 9.17) is 5.11 Å². The van der Waals surface area contributed by atoms with Gasteiger partial charge in [0.05, 0.1) is 0 Å². The van der Waals surface area contributed by atoms with Crippen LogP contribution >= 0.6 is 0 Å². The number of hydrogen-bond donors (Lipinski definition) is 2. The van der Waals surface area contributed by atoms with Crippen molar-refractivity contribution >= 4 is 11.9 Å². The van der Waals surface area contributed by atoms with Crippen LogP contribution in [0.1, 0.15) is 35.8 Å². The third-order valence-electron chi connectivity index (χ3n) is 2.88. The van der Waals surface area contributed by atoms with E-state index in [9.17, 15) is 9.59 Å².